The van der Waals surface area contributed by atoms with Crippen LogP contribution in [-0.2, 0) is 33.2 Å². The SMILES string of the molecule is CN(CCOCCOCCOCCOCCOCCOCCN)C(=O)OCC[Si](C)(C)C. The molecule has 0 atom stereocenters. The van der Waals surface area contributed by atoms with E-state index in [4.69, 9.17) is 38.9 Å². The number of ether oxygens (including phenoxy) is 7. The molecular formula is C21H46N2O8Si. The Hall–Kier alpha value is -0.793. The molecule has 0 radical (unpaired) electrons. The van der Waals surface area contributed by atoms with E-state index in [1.54, 1.807) is 7.05 Å². The molecule has 2 N–H and O–H groups in total. The van der Waals surface area contributed by atoms with Gasteiger partial charge in [-0.15, -0.1) is 0 Å². The molecule has 11 heteroatoms. The van der Waals surface area contributed by atoms with E-state index in [-0.39, 0.29) is 6.09 Å². The summed E-state index contributed by atoms with van der Waals surface area (Å²) in [6.45, 7) is 14.4. The Morgan fingerprint density at radius 2 is 1.03 bits per heavy atom. The third-order valence-corrected chi connectivity index (χ3v) is 5.79. The van der Waals surface area contributed by atoms with E-state index in [2.05, 4.69) is 19.6 Å². The van der Waals surface area contributed by atoms with Gasteiger partial charge in [0, 0.05) is 28.2 Å². The zero-order chi connectivity index (χ0) is 23.9. The summed E-state index contributed by atoms with van der Waals surface area (Å²) in [5.74, 6) is 0. The molecule has 0 aromatic heterocycles. The van der Waals surface area contributed by atoms with Crippen molar-refractivity contribution in [2.45, 2.75) is 25.7 Å². The Morgan fingerprint density at radius 3 is 1.41 bits per heavy atom. The molecular weight excluding hydrogens is 436 g/mol. The van der Waals surface area contributed by atoms with Crippen LogP contribution in [0, 0.1) is 0 Å². The fourth-order valence-corrected chi connectivity index (χ4v) is 2.85. The second kappa shape index (κ2) is 22.0. The Bertz CT molecular complexity index is 427. The van der Waals surface area contributed by atoms with Crippen LogP contribution in [0.4, 0.5) is 4.79 Å². The van der Waals surface area contributed by atoms with Crippen LogP contribution < -0.4 is 5.73 Å². The van der Waals surface area contributed by atoms with Gasteiger partial charge in [0.1, 0.15) is 0 Å². The minimum absolute atomic E-state index is 0.301. The number of nitrogens with two attached hydrogens (primary N) is 1. The Morgan fingerprint density at radius 1 is 0.656 bits per heavy atom. The normalized spacial score (nSPS) is 11.7. The predicted molar refractivity (Wildman–Crippen MR) is 126 cm³/mol. The van der Waals surface area contributed by atoms with E-state index < -0.39 is 8.07 Å². The van der Waals surface area contributed by atoms with Gasteiger partial charge in [-0.2, -0.15) is 0 Å². The van der Waals surface area contributed by atoms with Crippen LogP contribution >= 0.6 is 0 Å². The molecule has 0 heterocycles. The van der Waals surface area contributed by atoms with Gasteiger partial charge >= 0.3 is 6.09 Å². The molecule has 0 fully saturated rings. The van der Waals surface area contributed by atoms with Gasteiger partial charge in [0.2, 0.25) is 0 Å². The highest BCUT2D eigenvalue weighted by Crippen LogP contribution is 2.08. The van der Waals surface area contributed by atoms with Crippen molar-refractivity contribution in [3.63, 3.8) is 0 Å². The van der Waals surface area contributed by atoms with Crippen LogP contribution in [0.25, 0.3) is 0 Å². The van der Waals surface area contributed by atoms with Crippen molar-refractivity contribution in [2.24, 2.45) is 5.73 Å². The molecule has 0 saturated carbocycles. The first-order valence-electron chi connectivity index (χ1n) is 11.4. The quantitative estimate of drug-likeness (QED) is 0.171. The van der Waals surface area contributed by atoms with E-state index in [9.17, 15) is 4.79 Å². The number of hydrogen-bond donors (Lipinski definition) is 1. The number of rotatable bonds is 23. The zero-order valence-electron chi connectivity index (χ0n) is 20.6. The van der Waals surface area contributed by atoms with E-state index in [0.29, 0.717) is 99.0 Å². The molecule has 0 aliphatic rings. The number of carbonyl (C=O) groups excluding carboxylic acids is 1. The Kier molecular flexibility index (Phi) is 21.5. The fourth-order valence-electron chi connectivity index (χ4n) is 2.13. The highest BCUT2D eigenvalue weighted by atomic mass is 28.3. The number of likely N-dealkylation sites (N-methyl/N-ethyl adjacent to an activating group) is 1. The molecule has 0 aromatic carbocycles. The van der Waals surface area contributed by atoms with Gasteiger partial charge in [0.05, 0.1) is 85.9 Å². The Labute approximate surface area is 194 Å². The molecule has 0 aliphatic heterocycles. The molecule has 32 heavy (non-hydrogen) atoms. The van der Waals surface area contributed by atoms with E-state index in [1.165, 1.54) is 4.90 Å². The van der Waals surface area contributed by atoms with E-state index >= 15 is 0 Å². The molecule has 0 unspecified atom stereocenters. The van der Waals surface area contributed by atoms with Crippen LogP contribution in [0.5, 0.6) is 0 Å². The maximum Gasteiger partial charge on any atom is 0.409 e. The molecule has 10 nitrogen and oxygen atoms in total. The maximum absolute atomic E-state index is 11.9. The summed E-state index contributed by atoms with van der Waals surface area (Å²) in [6.07, 6.45) is -0.301. The summed E-state index contributed by atoms with van der Waals surface area (Å²) in [6, 6.07) is 0.971. The van der Waals surface area contributed by atoms with Crippen molar-refractivity contribution < 1.29 is 38.0 Å². The monoisotopic (exact) mass is 482 g/mol. The van der Waals surface area contributed by atoms with E-state index in [0.717, 1.165) is 6.04 Å². The Balaban J connectivity index is 3.25. The zero-order valence-corrected chi connectivity index (χ0v) is 21.6. The highest BCUT2D eigenvalue weighted by molar-refractivity contribution is 6.76. The molecule has 0 aliphatic carbocycles. The maximum atomic E-state index is 11.9. The van der Waals surface area contributed by atoms with Crippen LogP contribution in [0.3, 0.4) is 0 Å². The molecule has 0 aromatic rings. The minimum atomic E-state index is -1.19. The molecule has 0 spiro atoms. The number of nitrogens with zero attached hydrogens (tertiary/aromatic N) is 1. The highest BCUT2D eigenvalue weighted by Gasteiger charge is 2.15. The predicted octanol–water partition coefficient (Wildman–Crippen LogP) is 1.45. The third kappa shape index (κ3) is 23.9. The van der Waals surface area contributed by atoms with Gasteiger partial charge in [0.15, 0.2) is 0 Å². The lowest BCUT2D eigenvalue weighted by Crippen LogP contribution is -2.32. The average Bonchev–Trinajstić information content (AvgIpc) is 2.74. The summed E-state index contributed by atoms with van der Waals surface area (Å²) < 4.78 is 37.6. The smallest absolute Gasteiger partial charge is 0.409 e. The van der Waals surface area contributed by atoms with Crippen molar-refractivity contribution in [3.05, 3.63) is 0 Å². The van der Waals surface area contributed by atoms with Gasteiger partial charge in [-0.05, 0) is 6.04 Å². The molecule has 0 bridgehead atoms. The lowest BCUT2D eigenvalue weighted by molar-refractivity contribution is -0.0169. The van der Waals surface area contributed by atoms with Crippen molar-refractivity contribution in [3.8, 4) is 0 Å². The largest absolute Gasteiger partial charge is 0.450 e. The van der Waals surface area contributed by atoms with Crippen molar-refractivity contribution in [1.82, 2.24) is 4.90 Å². The van der Waals surface area contributed by atoms with Crippen molar-refractivity contribution in [2.75, 3.05) is 106 Å². The fraction of sp³-hybridized carbons (Fsp3) is 0.952. The topological polar surface area (TPSA) is 111 Å². The number of carbonyl (C=O) groups is 1. The average molecular weight is 483 g/mol. The van der Waals surface area contributed by atoms with Crippen LogP contribution in [0.15, 0.2) is 0 Å². The summed E-state index contributed by atoms with van der Waals surface area (Å²) >= 11 is 0. The summed E-state index contributed by atoms with van der Waals surface area (Å²) in [4.78, 5) is 13.4. The molecule has 192 valence electrons. The molecule has 0 saturated heterocycles. The molecule has 0 rings (SSSR count). The second-order valence-corrected chi connectivity index (χ2v) is 13.9. The third-order valence-electron chi connectivity index (χ3n) is 4.08. The van der Waals surface area contributed by atoms with Crippen LogP contribution in [0.2, 0.25) is 25.7 Å². The summed E-state index contributed by atoms with van der Waals surface area (Å²) in [5.41, 5.74) is 5.31. The summed E-state index contributed by atoms with van der Waals surface area (Å²) in [7, 11) is 0.525. The first-order valence-corrected chi connectivity index (χ1v) is 15.1. The van der Waals surface area contributed by atoms with Crippen LogP contribution in [-0.4, -0.2) is 125 Å². The lowest BCUT2D eigenvalue weighted by atomic mass is 10.6. The first-order chi connectivity index (χ1) is 15.4. The summed E-state index contributed by atoms with van der Waals surface area (Å²) in [5, 5.41) is 0. The standard InChI is InChI=1S/C21H46N2O8Si/c1-23(21(24)31-19-20-32(2,3)4)6-8-26-10-12-28-14-16-30-18-17-29-15-13-27-11-9-25-7-5-22/h5-20,22H2,1-4H3. The minimum Gasteiger partial charge on any atom is -0.450 e. The second-order valence-electron chi connectivity index (χ2n) is 8.31. The van der Waals surface area contributed by atoms with Gasteiger partial charge in [-0.25, -0.2) is 4.79 Å². The van der Waals surface area contributed by atoms with Crippen LogP contribution in [0.1, 0.15) is 0 Å². The molecule has 1 amide bonds. The number of hydrogen-bond acceptors (Lipinski definition) is 9. The van der Waals surface area contributed by atoms with Crippen molar-refractivity contribution >= 4 is 14.2 Å². The number of amides is 1. The van der Waals surface area contributed by atoms with Gasteiger partial charge < -0.3 is 43.8 Å². The lowest BCUT2D eigenvalue weighted by Gasteiger charge is -2.19. The van der Waals surface area contributed by atoms with Crippen molar-refractivity contribution in [1.29, 1.82) is 0 Å². The first kappa shape index (κ1) is 31.2. The van der Waals surface area contributed by atoms with Gasteiger partial charge in [-0.1, -0.05) is 19.6 Å². The van der Waals surface area contributed by atoms with Gasteiger partial charge in [-0.3, -0.25) is 0 Å². The van der Waals surface area contributed by atoms with E-state index in [1.807, 2.05) is 0 Å². The van der Waals surface area contributed by atoms with Gasteiger partial charge in [0.25, 0.3) is 0 Å².